The van der Waals surface area contributed by atoms with E-state index in [2.05, 4.69) is 19.9 Å². The summed E-state index contributed by atoms with van der Waals surface area (Å²) in [7, 11) is -3.18. The highest BCUT2D eigenvalue weighted by atomic mass is 32.2. The van der Waals surface area contributed by atoms with Gasteiger partial charge in [0.15, 0.2) is 15.7 Å². The Bertz CT molecular complexity index is 1090. The zero-order chi connectivity index (χ0) is 27.1. The Morgan fingerprint density at radius 2 is 1.84 bits per heavy atom. The molecule has 1 aromatic rings. The van der Waals surface area contributed by atoms with Crippen LogP contribution in [-0.2, 0) is 14.6 Å². The zero-order valence-corrected chi connectivity index (χ0v) is 24.9. The Hall–Kier alpha value is -1.82. The number of rotatable bonds is 9. The Morgan fingerprint density at radius 3 is 2.61 bits per heavy atom. The molecule has 0 saturated heterocycles. The second-order valence-electron chi connectivity index (χ2n) is 12.0. The molecule has 0 amide bonds. The van der Waals surface area contributed by atoms with Gasteiger partial charge in [0, 0.05) is 11.6 Å². The lowest BCUT2D eigenvalue weighted by Gasteiger charge is -2.22. The van der Waals surface area contributed by atoms with E-state index in [-0.39, 0.29) is 5.75 Å². The van der Waals surface area contributed by atoms with Crippen molar-refractivity contribution < 1.29 is 17.9 Å². The number of aryl methyl sites for hydroxylation is 1. The van der Waals surface area contributed by atoms with Crippen molar-refractivity contribution in [2.75, 3.05) is 19.0 Å². The third kappa shape index (κ3) is 7.86. The molecule has 4 unspecified atom stereocenters. The van der Waals surface area contributed by atoms with Crippen LogP contribution in [0.25, 0.3) is 0 Å². The van der Waals surface area contributed by atoms with E-state index in [0.29, 0.717) is 23.3 Å². The summed E-state index contributed by atoms with van der Waals surface area (Å²) < 4.78 is 36.6. The molecule has 4 atom stereocenters. The van der Waals surface area contributed by atoms with Gasteiger partial charge in [-0.25, -0.2) is 13.4 Å². The molecule has 2 aliphatic carbocycles. The van der Waals surface area contributed by atoms with E-state index >= 15 is 0 Å². The molecule has 2 saturated carbocycles. The highest BCUT2D eigenvalue weighted by Crippen LogP contribution is 2.50. The second-order valence-corrected chi connectivity index (χ2v) is 14.3. The van der Waals surface area contributed by atoms with Gasteiger partial charge in [-0.1, -0.05) is 59.0 Å². The fourth-order valence-electron chi connectivity index (χ4n) is 6.32. The van der Waals surface area contributed by atoms with Crippen LogP contribution < -0.4 is 4.74 Å². The molecule has 0 aromatic heterocycles. The number of ether oxygens (including phenoxy) is 2. The first-order chi connectivity index (χ1) is 18.3. The van der Waals surface area contributed by atoms with E-state index in [0.717, 1.165) is 60.8 Å². The number of sulfone groups is 1. The SMILES string of the molecule is CCS(=O)(=O)c1ccc(OCCC2CC2C2CCCCC(C3=NC(C(C)C)=CCCCO3)CCC2)c(C)c1. The molecule has 0 radical (unpaired) electrons. The molecule has 1 aromatic carbocycles. The molecule has 0 N–H and O–H groups in total. The van der Waals surface area contributed by atoms with Gasteiger partial charge < -0.3 is 9.47 Å². The molecule has 2 fully saturated rings. The van der Waals surface area contributed by atoms with Gasteiger partial charge in [-0.3, -0.25) is 0 Å². The predicted molar refractivity (Wildman–Crippen MR) is 155 cm³/mol. The van der Waals surface area contributed by atoms with E-state index in [1.807, 2.05) is 13.0 Å². The zero-order valence-electron chi connectivity index (χ0n) is 24.1. The molecule has 6 heteroatoms. The van der Waals surface area contributed by atoms with E-state index in [4.69, 9.17) is 14.5 Å². The van der Waals surface area contributed by atoms with Gasteiger partial charge in [0.25, 0.3) is 0 Å². The minimum absolute atomic E-state index is 0.122. The van der Waals surface area contributed by atoms with Crippen molar-refractivity contribution in [2.45, 2.75) is 103 Å². The smallest absolute Gasteiger partial charge is 0.191 e. The van der Waals surface area contributed by atoms with Gasteiger partial charge in [0.2, 0.25) is 0 Å². The molecule has 0 bridgehead atoms. The molecule has 0 spiro atoms. The van der Waals surface area contributed by atoms with Crippen LogP contribution in [0.15, 0.2) is 39.9 Å². The summed E-state index contributed by atoms with van der Waals surface area (Å²) in [5.74, 6) is 5.32. The maximum Gasteiger partial charge on any atom is 0.191 e. The minimum atomic E-state index is -3.18. The third-order valence-electron chi connectivity index (χ3n) is 8.85. The lowest BCUT2D eigenvalue weighted by atomic mass is 9.90. The van der Waals surface area contributed by atoms with Crippen LogP contribution in [0.4, 0.5) is 0 Å². The van der Waals surface area contributed by atoms with E-state index in [9.17, 15) is 8.42 Å². The molecule has 3 aliphatic rings. The summed E-state index contributed by atoms with van der Waals surface area (Å²) in [6.45, 7) is 9.58. The predicted octanol–water partition coefficient (Wildman–Crippen LogP) is 7.92. The Morgan fingerprint density at radius 1 is 1.08 bits per heavy atom. The van der Waals surface area contributed by atoms with Crippen molar-refractivity contribution in [1.29, 1.82) is 0 Å². The third-order valence-corrected chi connectivity index (χ3v) is 10.6. The summed E-state index contributed by atoms with van der Waals surface area (Å²) in [4.78, 5) is 5.43. The fourth-order valence-corrected chi connectivity index (χ4v) is 7.29. The monoisotopic (exact) mass is 543 g/mol. The summed E-state index contributed by atoms with van der Waals surface area (Å²) in [6.07, 6.45) is 15.8. The number of aliphatic imine (C=N–C) groups is 1. The maximum absolute atomic E-state index is 12.1. The van der Waals surface area contributed by atoms with Crippen molar-refractivity contribution in [3.8, 4) is 5.75 Å². The van der Waals surface area contributed by atoms with Crippen LogP contribution in [0.1, 0.15) is 97.0 Å². The first-order valence-electron chi connectivity index (χ1n) is 15.2. The summed E-state index contributed by atoms with van der Waals surface area (Å²) in [6, 6.07) is 5.24. The topological polar surface area (TPSA) is 65.0 Å². The van der Waals surface area contributed by atoms with E-state index in [1.165, 1.54) is 57.1 Å². The Balaban J connectivity index is 1.25. The van der Waals surface area contributed by atoms with Crippen LogP contribution in [0.5, 0.6) is 5.75 Å². The van der Waals surface area contributed by atoms with Crippen molar-refractivity contribution in [2.24, 2.45) is 34.6 Å². The van der Waals surface area contributed by atoms with Crippen molar-refractivity contribution in [3.05, 3.63) is 35.5 Å². The second kappa shape index (κ2) is 13.5. The van der Waals surface area contributed by atoms with Gasteiger partial charge in [0.05, 0.1) is 23.9 Å². The van der Waals surface area contributed by atoms with Crippen LogP contribution in [-0.4, -0.2) is 33.3 Å². The average Bonchev–Trinajstić information content (AvgIpc) is 3.62. The van der Waals surface area contributed by atoms with Gasteiger partial charge in [0.1, 0.15) is 5.75 Å². The number of benzene rings is 1. The number of hydrogen-bond acceptors (Lipinski definition) is 5. The van der Waals surface area contributed by atoms with Crippen LogP contribution in [0.3, 0.4) is 0 Å². The number of allylic oxidation sites excluding steroid dienone is 2. The molecule has 38 heavy (non-hydrogen) atoms. The standard InChI is InChI=1S/C32H49NO4S/c1-5-38(34,35)28-16-17-31(24(4)21-28)36-20-18-27-22-29(27)25-11-6-7-12-26(14-10-13-25)32-33-30(23(2)3)15-8-9-19-37-32/h15-17,21,23,25-27,29H,5-14,18-20,22H2,1-4H3. The van der Waals surface area contributed by atoms with Gasteiger partial charge >= 0.3 is 0 Å². The largest absolute Gasteiger partial charge is 0.493 e. The van der Waals surface area contributed by atoms with Crippen molar-refractivity contribution >= 4 is 15.7 Å². The molecule has 5 nitrogen and oxygen atoms in total. The number of nitrogens with zero attached hydrogens (tertiary/aromatic N) is 1. The molecule has 212 valence electrons. The lowest BCUT2D eigenvalue weighted by Crippen LogP contribution is -2.21. The van der Waals surface area contributed by atoms with Crippen molar-refractivity contribution in [3.63, 3.8) is 0 Å². The Kier molecular flexibility index (Phi) is 10.4. The quantitative estimate of drug-likeness (QED) is 0.317. The van der Waals surface area contributed by atoms with E-state index < -0.39 is 9.84 Å². The summed E-state index contributed by atoms with van der Waals surface area (Å²) in [5.41, 5.74) is 2.10. The molecule has 1 heterocycles. The highest BCUT2D eigenvalue weighted by Gasteiger charge is 2.42. The highest BCUT2D eigenvalue weighted by molar-refractivity contribution is 7.91. The average molecular weight is 544 g/mol. The lowest BCUT2D eigenvalue weighted by molar-refractivity contribution is 0.264. The van der Waals surface area contributed by atoms with Gasteiger partial charge in [-0.05, 0) is 92.9 Å². The number of hydrogen-bond donors (Lipinski definition) is 0. The first-order valence-corrected chi connectivity index (χ1v) is 16.8. The minimum Gasteiger partial charge on any atom is -0.493 e. The van der Waals surface area contributed by atoms with Gasteiger partial charge in [-0.2, -0.15) is 0 Å². The summed E-state index contributed by atoms with van der Waals surface area (Å²) in [5, 5.41) is 0. The summed E-state index contributed by atoms with van der Waals surface area (Å²) >= 11 is 0. The van der Waals surface area contributed by atoms with E-state index in [1.54, 1.807) is 19.1 Å². The molecular formula is C32H49NO4S. The molecular weight excluding hydrogens is 494 g/mol. The normalized spacial score (nSPS) is 27.1. The van der Waals surface area contributed by atoms with Crippen LogP contribution in [0, 0.1) is 36.5 Å². The van der Waals surface area contributed by atoms with Crippen LogP contribution in [0.2, 0.25) is 0 Å². The van der Waals surface area contributed by atoms with Crippen LogP contribution >= 0.6 is 0 Å². The molecule has 1 aliphatic heterocycles. The maximum atomic E-state index is 12.1. The first kappa shape index (κ1) is 29.2. The molecule has 4 rings (SSSR count). The fraction of sp³-hybridized carbons (Fsp3) is 0.719. The Labute approximate surface area is 231 Å². The van der Waals surface area contributed by atoms with Gasteiger partial charge in [-0.15, -0.1) is 0 Å². The van der Waals surface area contributed by atoms with Crippen molar-refractivity contribution in [1.82, 2.24) is 0 Å².